The topological polar surface area (TPSA) is 124 Å². The Kier molecular flexibility index (Phi) is 7.80. The highest BCUT2D eigenvalue weighted by molar-refractivity contribution is 7.18. The van der Waals surface area contributed by atoms with Crippen molar-refractivity contribution in [1.29, 1.82) is 0 Å². The molecular formula is C30H28N2O8S. The summed E-state index contributed by atoms with van der Waals surface area (Å²) < 4.78 is 22.8. The first-order chi connectivity index (χ1) is 19.7. The summed E-state index contributed by atoms with van der Waals surface area (Å²) >= 11 is 1.01. The third-order valence-electron chi connectivity index (χ3n) is 6.51. The highest BCUT2D eigenvalue weighted by Gasteiger charge is 2.48. The molecule has 3 aromatic rings. The molecule has 1 fully saturated rings. The number of aliphatic hydroxyl groups excluding tert-OH is 1. The highest BCUT2D eigenvalue weighted by atomic mass is 32.1. The van der Waals surface area contributed by atoms with Gasteiger partial charge in [0, 0.05) is 12.5 Å². The average Bonchev–Trinajstić information content (AvgIpc) is 3.48. The fraction of sp³-hybridized carbons (Fsp3) is 0.267. The number of carbonyl (C=O) groups excluding carboxylic acids is 3. The summed E-state index contributed by atoms with van der Waals surface area (Å²) in [6, 6.07) is 8.73. The molecule has 2 aliphatic heterocycles. The number of benzene rings is 2. The molecule has 0 bridgehead atoms. The molecule has 212 valence electrons. The zero-order chi connectivity index (χ0) is 29.3. The van der Waals surface area contributed by atoms with Crippen LogP contribution in [0.3, 0.4) is 0 Å². The summed E-state index contributed by atoms with van der Waals surface area (Å²) in [6.07, 6.45) is 1.60. The molecule has 0 aliphatic carbocycles. The van der Waals surface area contributed by atoms with Crippen molar-refractivity contribution in [2.45, 2.75) is 26.8 Å². The van der Waals surface area contributed by atoms with Crippen molar-refractivity contribution in [1.82, 2.24) is 4.98 Å². The molecule has 11 heteroatoms. The van der Waals surface area contributed by atoms with Gasteiger partial charge in [0.1, 0.15) is 25.6 Å². The van der Waals surface area contributed by atoms with Crippen LogP contribution in [0.15, 0.2) is 54.6 Å². The van der Waals surface area contributed by atoms with Gasteiger partial charge in [-0.1, -0.05) is 30.1 Å². The van der Waals surface area contributed by atoms with Crippen LogP contribution in [0.5, 0.6) is 23.0 Å². The molecule has 2 aromatic carbocycles. The van der Waals surface area contributed by atoms with E-state index in [0.29, 0.717) is 59.0 Å². The number of Topliss-reactive ketones (excluding diaryl/α,β-unsaturated/α-hetero) is 2. The molecule has 1 atom stereocenters. The van der Waals surface area contributed by atoms with Crippen LogP contribution in [0.4, 0.5) is 5.13 Å². The van der Waals surface area contributed by atoms with Crippen LogP contribution >= 0.6 is 11.3 Å². The third-order valence-corrected chi connectivity index (χ3v) is 7.77. The van der Waals surface area contributed by atoms with Gasteiger partial charge in [0.15, 0.2) is 33.9 Å². The van der Waals surface area contributed by atoms with E-state index in [2.05, 4.69) is 11.6 Å². The van der Waals surface area contributed by atoms with Gasteiger partial charge in [0.05, 0.1) is 28.8 Å². The molecule has 1 aromatic heterocycles. The van der Waals surface area contributed by atoms with Crippen LogP contribution < -0.4 is 23.8 Å². The van der Waals surface area contributed by atoms with E-state index in [1.807, 2.05) is 6.92 Å². The number of rotatable bonds is 9. The van der Waals surface area contributed by atoms with Crippen LogP contribution in [-0.2, 0) is 9.59 Å². The third kappa shape index (κ3) is 5.16. The lowest BCUT2D eigenvalue weighted by Gasteiger charge is -2.24. The predicted molar refractivity (Wildman–Crippen MR) is 152 cm³/mol. The zero-order valence-electron chi connectivity index (χ0n) is 22.8. The normalized spacial score (nSPS) is 17.4. The van der Waals surface area contributed by atoms with Gasteiger partial charge in [-0.15, -0.1) is 0 Å². The van der Waals surface area contributed by atoms with Crippen molar-refractivity contribution in [3.8, 4) is 23.0 Å². The number of amides is 1. The van der Waals surface area contributed by atoms with Crippen molar-refractivity contribution in [2.75, 3.05) is 31.3 Å². The first-order valence-corrected chi connectivity index (χ1v) is 13.8. The number of hydrogen-bond donors (Lipinski definition) is 1. The van der Waals surface area contributed by atoms with E-state index >= 15 is 0 Å². The fourth-order valence-electron chi connectivity index (χ4n) is 4.73. The second kappa shape index (κ2) is 11.5. The highest BCUT2D eigenvalue weighted by Crippen LogP contribution is 2.46. The first kappa shape index (κ1) is 27.9. The lowest BCUT2D eigenvalue weighted by Crippen LogP contribution is -2.29. The van der Waals surface area contributed by atoms with Gasteiger partial charge in [0.25, 0.3) is 5.78 Å². The Balaban J connectivity index is 1.70. The van der Waals surface area contributed by atoms with E-state index in [0.717, 1.165) is 11.3 Å². The molecule has 0 spiro atoms. The van der Waals surface area contributed by atoms with E-state index in [-0.39, 0.29) is 28.7 Å². The lowest BCUT2D eigenvalue weighted by atomic mass is 9.95. The van der Waals surface area contributed by atoms with Gasteiger partial charge in [-0.25, -0.2) is 4.98 Å². The van der Waals surface area contributed by atoms with E-state index in [4.69, 9.17) is 18.9 Å². The maximum Gasteiger partial charge on any atom is 0.301 e. The largest absolute Gasteiger partial charge is 0.507 e. The number of aromatic nitrogens is 1. The second-order valence-corrected chi connectivity index (χ2v) is 10.2. The van der Waals surface area contributed by atoms with Crippen molar-refractivity contribution in [2.24, 2.45) is 0 Å². The van der Waals surface area contributed by atoms with E-state index in [9.17, 15) is 19.5 Å². The minimum Gasteiger partial charge on any atom is -0.507 e. The number of aryl methyl sites for hydroxylation is 1. The summed E-state index contributed by atoms with van der Waals surface area (Å²) in [7, 11) is 0. The number of ether oxygens (including phenoxy) is 4. The smallest absolute Gasteiger partial charge is 0.301 e. The molecule has 41 heavy (non-hydrogen) atoms. The maximum atomic E-state index is 13.6. The van der Waals surface area contributed by atoms with Crippen molar-refractivity contribution >= 4 is 39.7 Å². The lowest BCUT2D eigenvalue weighted by molar-refractivity contribution is -0.132. The molecule has 3 heterocycles. The van der Waals surface area contributed by atoms with Gasteiger partial charge >= 0.3 is 5.91 Å². The van der Waals surface area contributed by atoms with E-state index < -0.39 is 23.5 Å². The molecule has 0 saturated carbocycles. The number of ketones is 2. The molecule has 5 rings (SSSR count). The Bertz CT molecular complexity index is 1590. The summed E-state index contributed by atoms with van der Waals surface area (Å²) in [6.45, 7) is 9.87. The minimum absolute atomic E-state index is 0.147. The van der Waals surface area contributed by atoms with Gasteiger partial charge in [0.2, 0.25) is 0 Å². The Morgan fingerprint density at radius 1 is 1.15 bits per heavy atom. The predicted octanol–water partition coefficient (Wildman–Crippen LogP) is 5.02. The monoisotopic (exact) mass is 576 g/mol. The van der Waals surface area contributed by atoms with Crippen LogP contribution in [0.1, 0.15) is 46.4 Å². The van der Waals surface area contributed by atoms with Crippen molar-refractivity contribution in [3.05, 3.63) is 76.3 Å². The summed E-state index contributed by atoms with van der Waals surface area (Å²) in [5, 5.41) is 11.7. The van der Waals surface area contributed by atoms with E-state index in [1.165, 1.54) is 11.8 Å². The number of nitrogens with zero attached hydrogens (tertiary/aromatic N) is 2. The van der Waals surface area contributed by atoms with Gasteiger partial charge in [-0.05, 0) is 49.7 Å². The Labute approximate surface area is 240 Å². The number of fused-ring (bicyclic) bond motifs is 1. The van der Waals surface area contributed by atoms with Crippen molar-refractivity contribution < 1.29 is 38.4 Å². The Morgan fingerprint density at radius 2 is 1.90 bits per heavy atom. The maximum absolute atomic E-state index is 13.6. The summed E-state index contributed by atoms with van der Waals surface area (Å²) in [5.41, 5.74) is 1.03. The zero-order valence-corrected chi connectivity index (χ0v) is 23.6. The number of carbonyl (C=O) groups is 3. The molecule has 1 saturated heterocycles. The molecule has 10 nitrogen and oxygen atoms in total. The number of anilines is 1. The van der Waals surface area contributed by atoms with Crippen LogP contribution in [0.25, 0.3) is 5.76 Å². The van der Waals surface area contributed by atoms with Crippen molar-refractivity contribution in [3.63, 3.8) is 0 Å². The number of aliphatic hydroxyl groups is 1. The number of hydrogen-bond acceptors (Lipinski definition) is 10. The van der Waals surface area contributed by atoms with Crippen LogP contribution in [0, 0.1) is 6.92 Å². The second-order valence-electron chi connectivity index (χ2n) is 9.23. The summed E-state index contributed by atoms with van der Waals surface area (Å²) in [4.78, 5) is 45.4. The first-order valence-electron chi connectivity index (χ1n) is 12.9. The molecule has 0 radical (unpaired) electrons. The van der Waals surface area contributed by atoms with Gasteiger partial charge in [-0.3, -0.25) is 19.3 Å². The molecule has 1 N–H and O–H groups in total. The van der Waals surface area contributed by atoms with E-state index in [1.54, 1.807) is 49.4 Å². The average molecular weight is 577 g/mol. The number of thiazole rings is 1. The van der Waals surface area contributed by atoms with Crippen LogP contribution in [-0.4, -0.2) is 54.0 Å². The quantitative estimate of drug-likeness (QED) is 0.123. The van der Waals surface area contributed by atoms with Gasteiger partial charge in [-0.2, -0.15) is 0 Å². The molecule has 2 aliphatic rings. The fourth-order valence-corrected chi connectivity index (χ4v) is 5.72. The van der Waals surface area contributed by atoms with Crippen LogP contribution in [0.2, 0.25) is 0 Å². The standard InChI is InChI=1S/C30H28N2O8S/c1-5-11-38-20-9-7-18(14-22(20)37-6-2)25-24(26(34)19-8-10-21-23(15-19)40-13-12-39-21)27(35)29(36)32(25)30-31-16(3)28(41-30)17(4)33/h5,7-10,14-15,25,34H,1,6,11-13H2,2-4H3/b26-24-. The Morgan fingerprint density at radius 3 is 2.59 bits per heavy atom. The molecule has 1 unspecified atom stereocenters. The molecule has 1 amide bonds. The Hall–Kier alpha value is -4.64. The summed E-state index contributed by atoms with van der Waals surface area (Å²) in [5.74, 6) is -0.630. The minimum atomic E-state index is -1.08. The molecular weight excluding hydrogens is 548 g/mol. The van der Waals surface area contributed by atoms with Gasteiger partial charge < -0.3 is 24.1 Å². The SMILES string of the molecule is C=CCOc1ccc(C2/C(=C(/O)c3ccc4c(c3)OCCO4)C(=O)C(=O)N2c2nc(C)c(C(C)=O)s2)cc1OCC.